The molecule has 0 radical (unpaired) electrons. The molecule has 0 spiro atoms. The zero-order valence-corrected chi connectivity index (χ0v) is 36.2. The van der Waals surface area contributed by atoms with Crippen LogP contribution in [0.5, 0.6) is 0 Å². The molecule has 0 aliphatic heterocycles. The summed E-state index contributed by atoms with van der Waals surface area (Å²) in [5, 5.41) is 21.2. The number of hydrazine groups is 4. The molecule has 0 fully saturated rings. The Morgan fingerprint density at radius 1 is 0.482 bits per heavy atom. The number of benzene rings is 4. The zero-order valence-electron chi connectivity index (χ0n) is 31.1. The third kappa shape index (κ3) is 19.9. The van der Waals surface area contributed by atoms with Crippen LogP contribution in [0.15, 0.2) is 121 Å². The first-order valence-corrected chi connectivity index (χ1v) is 18.9. The van der Waals surface area contributed by atoms with Crippen LogP contribution in [-0.4, -0.2) is 148 Å². The fraction of sp³-hybridized carbons (Fsp3) is 0.158. The molecule has 0 saturated heterocycles. The van der Waals surface area contributed by atoms with Gasteiger partial charge in [-0.05, 0) is 12.1 Å². The number of amides is 3. The van der Waals surface area contributed by atoms with Crippen LogP contribution >= 0.6 is 0 Å². The van der Waals surface area contributed by atoms with Crippen molar-refractivity contribution in [3.8, 4) is 0 Å². The predicted octanol–water partition coefficient (Wildman–Crippen LogP) is 0.313. The van der Waals surface area contributed by atoms with Crippen molar-refractivity contribution in [2.75, 3.05) is 28.2 Å². The molecule has 15 nitrogen and oxygen atoms in total. The van der Waals surface area contributed by atoms with Gasteiger partial charge in [-0.15, -0.1) is 0 Å². The van der Waals surface area contributed by atoms with Gasteiger partial charge in [-0.1, -0.05) is 18.2 Å². The standard InChI is InChI=1S/C19H20N4O2Se2.C8H10N2O.C8H10N2Se.C3H4O4/c1-22(18(26)14-9-5-3-6-10-14)20-16(24)13-17(25)21-23(2)19(27)15-11-7-4-8-12-15;2*1-10(9)8(11)7-5-3-2-4-6-7;4-2(5)1-3(6)7/h3-12H,13H2,1-2H3,(H,20,24)(H,21,25);2*2-6H,9H2,1H3;1H2,(H,4,5)(H,6,7). The van der Waals surface area contributed by atoms with Crippen molar-refractivity contribution < 1.29 is 34.2 Å². The van der Waals surface area contributed by atoms with Gasteiger partial charge in [0.25, 0.3) is 5.91 Å². The average molecular weight is 962 g/mol. The van der Waals surface area contributed by atoms with E-state index >= 15 is 0 Å². The van der Waals surface area contributed by atoms with Crippen molar-refractivity contribution in [1.29, 1.82) is 0 Å². The summed E-state index contributed by atoms with van der Waals surface area (Å²) in [6.07, 6.45) is -1.10. The predicted molar refractivity (Wildman–Crippen MR) is 220 cm³/mol. The number of carbonyl (C=O) groups excluding carboxylic acids is 3. The number of carboxylic acid groups (broad SMARTS) is 2. The molecular weight excluding hydrogens is 917 g/mol. The number of hydrogen-bond acceptors (Lipinski definition) is 10. The molecule has 18 heteroatoms. The maximum atomic E-state index is 12.1. The SMILES string of the molecule is CN(N)C(=O)c1ccccc1.CN(N)C(=[Se])c1ccccc1.CN(NC(=O)CC(=O)NN(C)C(=[Se])c1ccccc1)C(=[Se])c1ccccc1.O=C(O)CC(=O)O. The Bertz CT molecular complexity index is 1770. The number of nitrogens with zero attached hydrogens (tertiary/aromatic N) is 4. The average Bonchev–Trinajstić information content (AvgIpc) is 3.18. The van der Waals surface area contributed by atoms with Crippen LogP contribution in [0.3, 0.4) is 0 Å². The van der Waals surface area contributed by atoms with E-state index in [4.69, 9.17) is 21.9 Å². The van der Waals surface area contributed by atoms with Crippen LogP contribution in [0.1, 0.15) is 39.9 Å². The van der Waals surface area contributed by atoms with E-state index in [-0.39, 0.29) is 12.3 Å². The molecule has 296 valence electrons. The van der Waals surface area contributed by atoms with E-state index in [2.05, 4.69) is 57.6 Å². The topological polar surface area (TPSA) is 215 Å². The van der Waals surface area contributed by atoms with E-state index in [1.165, 1.54) is 7.05 Å². The first kappa shape index (κ1) is 48.7. The minimum atomic E-state index is -1.31. The van der Waals surface area contributed by atoms with E-state index in [0.717, 1.165) is 35.3 Å². The van der Waals surface area contributed by atoms with Gasteiger partial charge < -0.3 is 10.2 Å². The van der Waals surface area contributed by atoms with Crippen molar-refractivity contribution in [3.63, 3.8) is 0 Å². The first-order chi connectivity index (χ1) is 26.4. The van der Waals surface area contributed by atoms with Crippen molar-refractivity contribution in [2.45, 2.75) is 12.8 Å². The molecule has 0 aliphatic rings. The summed E-state index contributed by atoms with van der Waals surface area (Å²) in [5.41, 5.74) is 8.94. The van der Waals surface area contributed by atoms with E-state index in [0.29, 0.717) is 5.56 Å². The number of rotatable bonds is 13. The van der Waals surface area contributed by atoms with E-state index in [1.54, 1.807) is 60.4 Å². The Balaban J connectivity index is 0.000000442. The zero-order chi connectivity index (χ0) is 42.2. The largest absolute Gasteiger partial charge is 0.481 e. The van der Waals surface area contributed by atoms with Crippen molar-refractivity contribution in [3.05, 3.63) is 144 Å². The van der Waals surface area contributed by atoms with Crippen LogP contribution in [0.4, 0.5) is 0 Å². The second-order valence-corrected chi connectivity index (χ2v) is 13.7. The minimum Gasteiger partial charge on any atom is -0.481 e. The Kier molecular flexibility index (Phi) is 23.1. The quantitative estimate of drug-likeness (QED) is 0.0352. The van der Waals surface area contributed by atoms with E-state index < -0.39 is 30.2 Å². The molecule has 0 aromatic heterocycles. The van der Waals surface area contributed by atoms with Crippen LogP contribution in [0.25, 0.3) is 0 Å². The number of hydrogen-bond donors (Lipinski definition) is 6. The van der Waals surface area contributed by atoms with Gasteiger partial charge in [-0.25, -0.2) is 5.84 Å². The molecule has 0 heterocycles. The van der Waals surface area contributed by atoms with E-state index in [9.17, 15) is 24.0 Å². The van der Waals surface area contributed by atoms with Gasteiger partial charge in [0.05, 0.1) is 0 Å². The molecule has 0 unspecified atom stereocenters. The van der Waals surface area contributed by atoms with Gasteiger partial charge >= 0.3 is 261 Å². The van der Waals surface area contributed by atoms with Gasteiger partial charge in [0, 0.05) is 12.6 Å². The number of nitrogens with two attached hydrogens (primary N) is 2. The minimum absolute atomic E-state index is 0.175. The molecule has 0 saturated carbocycles. The number of carboxylic acids is 2. The second kappa shape index (κ2) is 26.5. The fourth-order valence-electron chi connectivity index (χ4n) is 3.95. The molecule has 8 N–H and O–H groups in total. The second-order valence-electron chi connectivity index (χ2n) is 11.2. The Labute approximate surface area is 349 Å². The molecule has 3 amide bonds. The van der Waals surface area contributed by atoms with Crippen molar-refractivity contribution in [1.82, 2.24) is 30.9 Å². The summed E-state index contributed by atoms with van der Waals surface area (Å²) in [6, 6.07) is 38.1. The van der Waals surface area contributed by atoms with Gasteiger partial charge in [0.15, 0.2) is 0 Å². The smallest absolute Gasteiger partial charge is 0.314 e. The van der Waals surface area contributed by atoms with Crippen molar-refractivity contribution in [2.24, 2.45) is 11.7 Å². The maximum Gasteiger partial charge on any atom is 0.314 e. The molecule has 0 aliphatic carbocycles. The molecule has 0 bridgehead atoms. The Morgan fingerprint density at radius 3 is 1.02 bits per heavy atom. The molecule has 4 aromatic carbocycles. The van der Waals surface area contributed by atoms with Crippen LogP contribution < -0.4 is 22.5 Å². The third-order valence-corrected chi connectivity index (χ3v) is 9.78. The normalized spacial score (nSPS) is 9.39. The fourth-order valence-corrected chi connectivity index (χ4v) is 5.00. The molecule has 4 aromatic rings. The molecule has 0 atom stereocenters. The Morgan fingerprint density at radius 2 is 0.768 bits per heavy atom. The summed E-state index contributed by atoms with van der Waals surface area (Å²) in [4.78, 5) is 54.3. The number of aliphatic carboxylic acids is 2. The number of carbonyl (C=O) groups is 5. The van der Waals surface area contributed by atoms with Gasteiger partial charge in [-0.2, -0.15) is 0 Å². The summed E-state index contributed by atoms with van der Waals surface area (Å²) in [7, 11) is 6.75. The van der Waals surface area contributed by atoms with Crippen LogP contribution in [-0.2, 0) is 19.2 Å². The summed E-state index contributed by atoms with van der Waals surface area (Å²) in [5.74, 6) is 7.17. The molecular formula is C38H44N8O7Se3. The Hall–Kier alpha value is -5.28. The number of nitrogens with one attached hydrogen (secondary N) is 2. The summed E-state index contributed by atoms with van der Waals surface area (Å²) >= 11 is 8.77. The van der Waals surface area contributed by atoms with Gasteiger partial charge in [0.1, 0.15) is 6.42 Å². The summed E-state index contributed by atoms with van der Waals surface area (Å²) < 4.78 is 2.46. The van der Waals surface area contributed by atoms with Crippen LogP contribution in [0, 0.1) is 0 Å². The monoisotopic (exact) mass is 964 g/mol. The molecule has 4 rings (SSSR count). The van der Waals surface area contributed by atoms with Crippen LogP contribution in [0.2, 0.25) is 0 Å². The van der Waals surface area contributed by atoms with Gasteiger partial charge in [0.2, 0.25) is 0 Å². The summed E-state index contributed by atoms with van der Waals surface area (Å²) in [6.45, 7) is 0. The van der Waals surface area contributed by atoms with E-state index in [1.807, 2.05) is 97.1 Å². The first-order valence-electron chi connectivity index (χ1n) is 16.3. The van der Waals surface area contributed by atoms with Gasteiger partial charge in [-0.3, -0.25) is 19.4 Å². The maximum absolute atomic E-state index is 12.1. The third-order valence-electron chi connectivity index (χ3n) is 6.54. The molecule has 56 heavy (non-hydrogen) atoms. The van der Waals surface area contributed by atoms with Crippen molar-refractivity contribution >= 4 is 90.0 Å².